The van der Waals surface area contributed by atoms with Gasteiger partial charge in [0.15, 0.2) is 0 Å². The number of aliphatic hydroxyl groups is 1. The van der Waals surface area contributed by atoms with Gasteiger partial charge >= 0.3 is 0 Å². The van der Waals surface area contributed by atoms with Crippen LogP contribution in [0.5, 0.6) is 0 Å². The normalized spacial score (nSPS) is 29.5. The number of aromatic nitrogens is 2. The number of aryl methyl sites for hydroxylation is 1. The third kappa shape index (κ3) is 1.25. The van der Waals surface area contributed by atoms with Gasteiger partial charge in [-0.3, -0.25) is 4.68 Å². The van der Waals surface area contributed by atoms with Gasteiger partial charge in [0.05, 0.1) is 18.3 Å². The van der Waals surface area contributed by atoms with Crippen molar-refractivity contribution in [2.24, 2.45) is 0 Å². The van der Waals surface area contributed by atoms with Gasteiger partial charge < -0.3 is 5.11 Å². The second-order valence-corrected chi connectivity index (χ2v) is 3.56. The lowest BCUT2D eigenvalue weighted by Crippen LogP contribution is -2.18. The molecule has 1 N–H and O–H groups in total. The SMILES string of the molecule is Cc1cnn([C@H]2CCC[C@H]2O)c1. The summed E-state index contributed by atoms with van der Waals surface area (Å²) < 4.78 is 1.90. The lowest BCUT2D eigenvalue weighted by atomic mass is 10.2. The van der Waals surface area contributed by atoms with Gasteiger partial charge in [-0.2, -0.15) is 5.10 Å². The fourth-order valence-electron chi connectivity index (χ4n) is 1.84. The Balaban J connectivity index is 2.19. The number of rotatable bonds is 1. The molecule has 12 heavy (non-hydrogen) atoms. The Kier molecular flexibility index (Phi) is 1.89. The number of nitrogens with zero attached hydrogens (tertiary/aromatic N) is 2. The molecule has 1 fully saturated rings. The summed E-state index contributed by atoms with van der Waals surface area (Å²) in [5.41, 5.74) is 1.16. The molecule has 0 bridgehead atoms. The molecule has 1 saturated carbocycles. The van der Waals surface area contributed by atoms with Crippen LogP contribution in [-0.4, -0.2) is 21.0 Å². The summed E-state index contributed by atoms with van der Waals surface area (Å²) in [6.07, 6.45) is 6.74. The van der Waals surface area contributed by atoms with E-state index < -0.39 is 0 Å². The van der Waals surface area contributed by atoms with E-state index in [-0.39, 0.29) is 12.1 Å². The Morgan fingerprint density at radius 2 is 2.42 bits per heavy atom. The quantitative estimate of drug-likeness (QED) is 0.682. The molecule has 1 aliphatic rings. The third-order valence-electron chi connectivity index (χ3n) is 2.51. The Labute approximate surface area is 72.0 Å². The molecule has 3 nitrogen and oxygen atoms in total. The van der Waals surface area contributed by atoms with Crippen LogP contribution in [0.2, 0.25) is 0 Å². The largest absolute Gasteiger partial charge is 0.391 e. The lowest BCUT2D eigenvalue weighted by molar-refractivity contribution is 0.130. The number of hydrogen-bond donors (Lipinski definition) is 1. The summed E-state index contributed by atoms with van der Waals surface area (Å²) >= 11 is 0. The molecule has 0 aliphatic heterocycles. The average Bonchev–Trinajstić information content (AvgIpc) is 2.58. The maximum absolute atomic E-state index is 9.59. The van der Waals surface area contributed by atoms with E-state index in [1.165, 1.54) is 0 Å². The van der Waals surface area contributed by atoms with Crippen molar-refractivity contribution < 1.29 is 5.11 Å². The van der Waals surface area contributed by atoms with Gasteiger partial charge in [0.2, 0.25) is 0 Å². The summed E-state index contributed by atoms with van der Waals surface area (Å²) in [7, 11) is 0. The number of aliphatic hydroxyl groups excluding tert-OH is 1. The molecule has 0 amide bonds. The number of hydrogen-bond acceptors (Lipinski definition) is 2. The second-order valence-electron chi connectivity index (χ2n) is 3.56. The minimum absolute atomic E-state index is 0.190. The zero-order valence-corrected chi connectivity index (χ0v) is 7.27. The lowest BCUT2D eigenvalue weighted by Gasteiger charge is -2.14. The van der Waals surface area contributed by atoms with E-state index in [1.807, 2.05) is 24.0 Å². The van der Waals surface area contributed by atoms with Crippen LogP contribution in [0.1, 0.15) is 30.9 Å². The first-order chi connectivity index (χ1) is 5.77. The summed E-state index contributed by atoms with van der Waals surface area (Å²) in [5.74, 6) is 0. The van der Waals surface area contributed by atoms with Gasteiger partial charge in [0.25, 0.3) is 0 Å². The van der Waals surface area contributed by atoms with Crippen molar-refractivity contribution in [1.82, 2.24) is 9.78 Å². The van der Waals surface area contributed by atoms with Gasteiger partial charge in [-0.1, -0.05) is 0 Å². The first-order valence-corrected chi connectivity index (χ1v) is 4.46. The van der Waals surface area contributed by atoms with Crippen LogP contribution in [0.15, 0.2) is 12.4 Å². The molecule has 0 unspecified atom stereocenters. The van der Waals surface area contributed by atoms with Crippen LogP contribution < -0.4 is 0 Å². The average molecular weight is 166 g/mol. The highest BCUT2D eigenvalue weighted by Crippen LogP contribution is 2.29. The van der Waals surface area contributed by atoms with E-state index in [0.717, 1.165) is 24.8 Å². The van der Waals surface area contributed by atoms with Crippen LogP contribution in [0.25, 0.3) is 0 Å². The molecule has 0 saturated heterocycles. The highest BCUT2D eigenvalue weighted by Gasteiger charge is 2.26. The second kappa shape index (κ2) is 2.90. The predicted octanol–water partition coefficient (Wildman–Crippen LogP) is 1.28. The molecule has 1 aliphatic carbocycles. The summed E-state index contributed by atoms with van der Waals surface area (Å²) in [4.78, 5) is 0. The fraction of sp³-hybridized carbons (Fsp3) is 0.667. The van der Waals surface area contributed by atoms with Crippen molar-refractivity contribution in [3.05, 3.63) is 18.0 Å². The molecule has 0 spiro atoms. The van der Waals surface area contributed by atoms with Gasteiger partial charge in [-0.25, -0.2) is 0 Å². The van der Waals surface area contributed by atoms with E-state index in [0.29, 0.717) is 0 Å². The maximum atomic E-state index is 9.59. The minimum atomic E-state index is -0.190. The summed E-state index contributed by atoms with van der Waals surface area (Å²) in [6, 6.07) is 0.221. The van der Waals surface area contributed by atoms with E-state index in [4.69, 9.17) is 0 Å². The minimum Gasteiger partial charge on any atom is -0.391 e. The molecule has 2 rings (SSSR count). The van der Waals surface area contributed by atoms with Crippen molar-refractivity contribution in [2.45, 2.75) is 38.3 Å². The van der Waals surface area contributed by atoms with Crippen LogP contribution in [0, 0.1) is 6.92 Å². The van der Waals surface area contributed by atoms with E-state index in [1.54, 1.807) is 0 Å². The first-order valence-electron chi connectivity index (χ1n) is 4.46. The topological polar surface area (TPSA) is 38.0 Å². The smallest absolute Gasteiger partial charge is 0.0778 e. The Morgan fingerprint density at radius 3 is 2.92 bits per heavy atom. The third-order valence-corrected chi connectivity index (χ3v) is 2.51. The molecule has 1 heterocycles. The first kappa shape index (κ1) is 7.80. The van der Waals surface area contributed by atoms with Crippen molar-refractivity contribution in [3.63, 3.8) is 0 Å². The summed E-state index contributed by atoms with van der Waals surface area (Å²) in [5, 5.41) is 13.8. The van der Waals surface area contributed by atoms with E-state index in [9.17, 15) is 5.11 Å². The van der Waals surface area contributed by atoms with E-state index >= 15 is 0 Å². The molecule has 0 aromatic carbocycles. The van der Waals surface area contributed by atoms with E-state index in [2.05, 4.69) is 5.10 Å². The molecule has 0 radical (unpaired) electrons. The standard InChI is InChI=1S/C9H14N2O/c1-7-5-10-11(6-7)8-3-2-4-9(8)12/h5-6,8-9,12H,2-4H2,1H3/t8-,9+/m0/s1. The highest BCUT2D eigenvalue weighted by molar-refractivity contribution is 5.01. The molecule has 3 heteroatoms. The van der Waals surface area contributed by atoms with Gasteiger partial charge in [-0.05, 0) is 31.7 Å². The molecule has 66 valence electrons. The Hall–Kier alpha value is -0.830. The van der Waals surface area contributed by atoms with Crippen molar-refractivity contribution in [1.29, 1.82) is 0 Å². The Morgan fingerprint density at radius 1 is 1.58 bits per heavy atom. The van der Waals surface area contributed by atoms with Crippen LogP contribution in [0.3, 0.4) is 0 Å². The van der Waals surface area contributed by atoms with Crippen LogP contribution in [-0.2, 0) is 0 Å². The zero-order chi connectivity index (χ0) is 8.55. The zero-order valence-electron chi connectivity index (χ0n) is 7.27. The molecule has 2 atom stereocenters. The van der Waals surface area contributed by atoms with Crippen LogP contribution in [0.4, 0.5) is 0 Å². The molecule has 1 aromatic heterocycles. The molecule has 1 aromatic rings. The van der Waals surface area contributed by atoms with Crippen molar-refractivity contribution >= 4 is 0 Å². The van der Waals surface area contributed by atoms with Gasteiger partial charge in [-0.15, -0.1) is 0 Å². The maximum Gasteiger partial charge on any atom is 0.0778 e. The monoisotopic (exact) mass is 166 g/mol. The van der Waals surface area contributed by atoms with Crippen molar-refractivity contribution in [2.75, 3.05) is 0 Å². The van der Waals surface area contributed by atoms with Gasteiger partial charge in [0.1, 0.15) is 0 Å². The fourth-order valence-corrected chi connectivity index (χ4v) is 1.84. The summed E-state index contributed by atoms with van der Waals surface area (Å²) in [6.45, 7) is 2.02. The molecular weight excluding hydrogens is 152 g/mol. The Bertz CT molecular complexity index is 269. The van der Waals surface area contributed by atoms with Crippen molar-refractivity contribution in [3.8, 4) is 0 Å². The highest BCUT2D eigenvalue weighted by atomic mass is 16.3. The predicted molar refractivity (Wildman–Crippen MR) is 45.9 cm³/mol. The van der Waals surface area contributed by atoms with Gasteiger partial charge in [0, 0.05) is 6.20 Å². The van der Waals surface area contributed by atoms with Crippen LogP contribution >= 0.6 is 0 Å². The molecular formula is C9H14N2O.